The van der Waals surface area contributed by atoms with Gasteiger partial charge in [0, 0.05) is 17.1 Å². The van der Waals surface area contributed by atoms with Crippen molar-refractivity contribution in [2.24, 2.45) is 0 Å². The summed E-state index contributed by atoms with van der Waals surface area (Å²) in [6, 6.07) is 10.7. The molecular formula is C17H18N4O3. The summed E-state index contributed by atoms with van der Waals surface area (Å²) in [5.74, 6) is 0.955. The topological polar surface area (TPSA) is 91.4 Å². The second kappa shape index (κ2) is 6.49. The van der Waals surface area contributed by atoms with E-state index in [4.69, 9.17) is 15.2 Å². The van der Waals surface area contributed by atoms with Crippen LogP contribution in [0, 0.1) is 0 Å². The monoisotopic (exact) mass is 326 g/mol. The van der Waals surface area contributed by atoms with Gasteiger partial charge in [0.25, 0.3) is 0 Å². The standard InChI is InChI=1S/C17H18N4O3/c1-23-13-5-6-16(24-2)14(8-13)20-17(22)10-21-15-7-12(18)4-3-11(15)9-19-21/h3-9H,10,18H2,1-2H3,(H,20,22). The van der Waals surface area contributed by atoms with Crippen LogP contribution in [-0.4, -0.2) is 29.9 Å². The van der Waals surface area contributed by atoms with Crippen LogP contribution in [0.4, 0.5) is 11.4 Å². The van der Waals surface area contributed by atoms with E-state index in [1.54, 1.807) is 55.4 Å². The Morgan fingerprint density at radius 3 is 2.79 bits per heavy atom. The summed E-state index contributed by atoms with van der Waals surface area (Å²) < 4.78 is 12.0. The van der Waals surface area contributed by atoms with Gasteiger partial charge >= 0.3 is 0 Å². The first-order valence-electron chi connectivity index (χ1n) is 7.33. The first-order valence-corrected chi connectivity index (χ1v) is 7.33. The fourth-order valence-electron chi connectivity index (χ4n) is 2.45. The van der Waals surface area contributed by atoms with E-state index in [0.717, 1.165) is 10.9 Å². The molecule has 0 unspecified atom stereocenters. The number of rotatable bonds is 5. The van der Waals surface area contributed by atoms with Gasteiger partial charge in [0.05, 0.1) is 31.6 Å². The van der Waals surface area contributed by atoms with Gasteiger partial charge in [-0.2, -0.15) is 5.10 Å². The van der Waals surface area contributed by atoms with Crippen LogP contribution in [0.25, 0.3) is 10.9 Å². The Morgan fingerprint density at radius 2 is 2.04 bits per heavy atom. The summed E-state index contributed by atoms with van der Waals surface area (Å²) in [5, 5.41) is 7.98. The van der Waals surface area contributed by atoms with E-state index in [2.05, 4.69) is 10.4 Å². The number of carbonyl (C=O) groups excluding carboxylic acids is 1. The van der Waals surface area contributed by atoms with Gasteiger partial charge in [-0.1, -0.05) is 0 Å². The fourth-order valence-corrected chi connectivity index (χ4v) is 2.45. The quantitative estimate of drug-likeness (QED) is 0.702. The molecule has 0 aliphatic heterocycles. The van der Waals surface area contributed by atoms with Crippen molar-refractivity contribution in [3.05, 3.63) is 42.6 Å². The molecule has 1 amide bonds. The minimum Gasteiger partial charge on any atom is -0.497 e. The average molecular weight is 326 g/mol. The first kappa shape index (κ1) is 15.7. The molecular weight excluding hydrogens is 308 g/mol. The number of amides is 1. The number of nitrogen functional groups attached to an aromatic ring is 1. The van der Waals surface area contributed by atoms with Crippen molar-refractivity contribution < 1.29 is 14.3 Å². The van der Waals surface area contributed by atoms with E-state index in [9.17, 15) is 4.79 Å². The van der Waals surface area contributed by atoms with Gasteiger partial charge in [-0.25, -0.2) is 0 Å². The summed E-state index contributed by atoms with van der Waals surface area (Å²) in [4.78, 5) is 12.4. The number of nitrogens with one attached hydrogen (secondary N) is 1. The Bertz CT molecular complexity index is 889. The molecule has 0 radical (unpaired) electrons. The Hall–Kier alpha value is -3.22. The van der Waals surface area contributed by atoms with Crippen molar-refractivity contribution in [3.8, 4) is 11.5 Å². The van der Waals surface area contributed by atoms with Crippen molar-refractivity contribution in [1.82, 2.24) is 9.78 Å². The van der Waals surface area contributed by atoms with Crippen molar-refractivity contribution in [2.75, 3.05) is 25.3 Å². The number of ether oxygens (including phenoxy) is 2. The number of nitrogens with two attached hydrogens (primary N) is 1. The molecule has 0 aliphatic rings. The second-order valence-electron chi connectivity index (χ2n) is 5.23. The lowest BCUT2D eigenvalue weighted by Gasteiger charge is -2.12. The number of hydrogen-bond acceptors (Lipinski definition) is 5. The van der Waals surface area contributed by atoms with E-state index in [1.165, 1.54) is 0 Å². The van der Waals surface area contributed by atoms with Crippen LogP contribution in [0.1, 0.15) is 0 Å². The zero-order valence-corrected chi connectivity index (χ0v) is 13.4. The van der Waals surface area contributed by atoms with Gasteiger partial charge in [0.15, 0.2) is 0 Å². The van der Waals surface area contributed by atoms with Crippen molar-refractivity contribution in [1.29, 1.82) is 0 Å². The largest absolute Gasteiger partial charge is 0.497 e. The number of anilines is 2. The lowest BCUT2D eigenvalue weighted by Crippen LogP contribution is -2.19. The third-order valence-corrected chi connectivity index (χ3v) is 3.64. The molecule has 1 heterocycles. The highest BCUT2D eigenvalue weighted by Crippen LogP contribution is 2.29. The number of methoxy groups -OCH3 is 2. The minimum absolute atomic E-state index is 0.0628. The molecule has 0 fully saturated rings. The van der Waals surface area contributed by atoms with Crippen molar-refractivity contribution in [2.45, 2.75) is 6.54 Å². The third-order valence-electron chi connectivity index (χ3n) is 3.64. The molecule has 0 spiro atoms. The molecule has 7 nitrogen and oxygen atoms in total. The number of fused-ring (bicyclic) bond motifs is 1. The Kier molecular flexibility index (Phi) is 4.24. The van der Waals surface area contributed by atoms with Crippen LogP contribution in [0.5, 0.6) is 11.5 Å². The van der Waals surface area contributed by atoms with Gasteiger partial charge < -0.3 is 20.5 Å². The maximum absolute atomic E-state index is 12.4. The van der Waals surface area contributed by atoms with E-state index in [0.29, 0.717) is 22.9 Å². The Labute approximate surface area is 139 Å². The van der Waals surface area contributed by atoms with Crippen LogP contribution in [0.2, 0.25) is 0 Å². The van der Waals surface area contributed by atoms with Gasteiger partial charge in [-0.3, -0.25) is 9.48 Å². The Balaban J connectivity index is 1.81. The lowest BCUT2D eigenvalue weighted by molar-refractivity contribution is -0.116. The Morgan fingerprint density at radius 1 is 1.21 bits per heavy atom. The van der Waals surface area contributed by atoms with Crippen LogP contribution in [0.3, 0.4) is 0 Å². The molecule has 3 N–H and O–H groups in total. The maximum atomic E-state index is 12.4. The molecule has 0 aliphatic carbocycles. The molecule has 24 heavy (non-hydrogen) atoms. The predicted octanol–water partition coefficient (Wildman–Crippen LogP) is 2.27. The summed E-state index contributed by atoms with van der Waals surface area (Å²) in [6.45, 7) is 0.0628. The summed E-state index contributed by atoms with van der Waals surface area (Å²) in [6.07, 6.45) is 1.70. The minimum atomic E-state index is -0.228. The van der Waals surface area contributed by atoms with Crippen molar-refractivity contribution in [3.63, 3.8) is 0 Å². The highest BCUT2D eigenvalue weighted by atomic mass is 16.5. The number of aromatic nitrogens is 2. The molecule has 7 heteroatoms. The van der Waals surface area contributed by atoms with Gasteiger partial charge in [-0.05, 0) is 30.3 Å². The molecule has 3 aromatic rings. The molecule has 0 saturated carbocycles. The number of nitrogens with zero attached hydrogens (tertiary/aromatic N) is 2. The van der Waals surface area contributed by atoms with Gasteiger partial charge in [-0.15, -0.1) is 0 Å². The van der Waals surface area contributed by atoms with E-state index in [-0.39, 0.29) is 12.5 Å². The van der Waals surface area contributed by atoms with Crippen LogP contribution in [0.15, 0.2) is 42.6 Å². The van der Waals surface area contributed by atoms with Crippen LogP contribution >= 0.6 is 0 Å². The summed E-state index contributed by atoms with van der Waals surface area (Å²) in [7, 11) is 3.11. The highest BCUT2D eigenvalue weighted by molar-refractivity contribution is 5.93. The van der Waals surface area contributed by atoms with Gasteiger partial charge in [0.2, 0.25) is 5.91 Å². The third kappa shape index (κ3) is 3.10. The van der Waals surface area contributed by atoms with E-state index < -0.39 is 0 Å². The van der Waals surface area contributed by atoms with Crippen LogP contribution in [-0.2, 0) is 11.3 Å². The SMILES string of the molecule is COc1ccc(OC)c(NC(=O)Cn2ncc3ccc(N)cc32)c1. The van der Waals surface area contributed by atoms with E-state index in [1.807, 2.05) is 6.07 Å². The molecule has 0 atom stereocenters. The summed E-state index contributed by atoms with van der Waals surface area (Å²) in [5.41, 5.74) is 7.78. The molecule has 3 rings (SSSR count). The van der Waals surface area contributed by atoms with Crippen molar-refractivity contribution >= 4 is 28.2 Å². The van der Waals surface area contributed by atoms with Gasteiger partial charge in [0.1, 0.15) is 18.0 Å². The normalized spacial score (nSPS) is 10.6. The zero-order valence-electron chi connectivity index (χ0n) is 13.4. The molecule has 2 aromatic carbocycles. The average Bonchev–Trinajstić information content (AvgIpc) is 2.96. The highest BCUT2D eigenvalue weighted by Gasteiger charge is 2.12. The molecule has 0 saturated heterocycles. The second-order valence-corrected chi connectivity index (χ2v) is 5.23. The van der Waals surface area contributed by atoms with Crippen LogP contribution < -0.4 is 20.5 Å². The summed E-state index contributed by atoms with van der Waals surface area (Å²) >= 11 is 0. The maximum Gasteiger partial charge on any atom is 0.246 e. The smallest absolute Gasteiger partial charge is 0.246 e. The fraction of sp³-hybridized carbons (Fsp3) is 0.176. The first-order chi connectivity index (χ1) is 11.6. The lowest BCUT2D eigenvalue weighted by atomic mass is 10.2. The number of carbonyl (C=O) groups is 1. The zero-order chi connectivity index (χ0) is 17.1. The number of benzene rings is 2. The predicted molar refractivity (Wildman–Crippen MR) is 92.3 cm³/mol. The molecule has 0 bridgehead atoms. The van der Waals surface area contributed by atoms with E-state index >= 15 is 0 Å². The molecule has 1 aromatic heterocycles. The number of hydrogen-bond donors (Lipinski definition) is 2. The molecule has 124 valence electrons.